The van der Waals surface area contributed by atoms with Crippen LogP contribution in [-0.4, -0.2) is 65.7 Å². The zero-order chi connectivity index (χ0) is 13.8. The van der Waals surface area contributed by atoms with E-state index in [9.17, 15) is 9.90 Å². The first-order valence-electron chi connectivity index (χ1n) is 6.74. The van der Waals surface area contributed by atoms with E-state index in [1.165, 1.54) is 0 Å². The van der Waals surface area contributed by atoms with E-state index in [1.54, 1.807) is 0 Å². The summed E-state index contributed by atoms with van der Waals surface area (Å²) in [5, 5.41) is 9.76. The number of carbonyl (C=O) groups is 1. The van der Waals surface area contributed by atoms with Gasteiger partial charge in [-0.1, -0.05) is 6.92 Å². The average molecular weight is 257 g/mol. The molecule has 5 nitrogen and oxygen atoms in total. The number of hydrogen-bond acceptors (Lipinski definition) is 4. The van der Waals surface area contributed by atoms with Crippen molar-refractivity contribution in [2.45, 2.75) is 32.8 Å². The van der Waals surface area contributed by atoms with Gasteiger partial charge in [0, 0.05) is 39.1 Å². The van der Waals surface area contributed by atoms with E-state index < -0.39 is 5.60 Å². The minimum absolute atomic E-state index is 0.204. The quantitative estimate of drug-likeness (QED) is 0.721. The van der Waals surface area contributed by atoms with Crippen LogP contribution in [0.2, 0.25) is 0 Å². The zero-order valence-electron chi connectivity index (χ0n) is 11.9. The highest BCUT2D eigenvalue weighted by Crippen LogP contribution is 2.11. The van der Waals surface area contributed by atoms with Crippen molar-refractivity contribution in [3.05, 3.63) is 0 Å². The van der Waals surface area contributed by atoms with Gasteiger partial charge in [0.1, 0.15) is 0 Å². The second kappa shape index (κ2) is 6.50. The minimum Gasteiger partial charge on any atom is -0.389 e. The monoisotopic (exact) mass is 257 g/mol. The van der Waals surface area contributed by atoms with E-state index in [1.807, 2.05) is 25.7 Å². The van der Waals surface area contributed by atoms with Crippen molar-refractivity contribution in [2.75, 3.05) is 39.3 Å². The molecule has 1 heterocycles. The molecule has 0 aliphatic carbocycles. The summed E-state index contributed by atoms with van der Waals surface area (Å²) >= 11 is 0. The first kappa shape index (κ1) is 15.4. The lowest BCUT2D eigenvalue weighted by atomic mass is 10.1. The highest BCUT2D eigenvalue weighted by Gasteiger charge is 2.25. The highest BCUT2D eigenvalue weighted by atomic mass is 16.3. The summed E-state index contributed by atoms with van der Waals surface area (Å²) in [5.41, 5.74) is 4.87. The van der Waals surface area contributed by atoms with Gasteiger partial charge in [-0.05, 0) is 26.3 Å². The molecule has 1 aliphatic rings. The predicted molar refractivity (Wildman–Crippen MR) is 72.2 cm³/mol. The van der Waals surface area contributed by atoms with Gasteiger partial charge in [-0.25, -0.2) is 0 Å². The van der Waals surface area contributed by atoms with Crippen LogP contribution in [0.3, 0.4) is 0 Å². The Hall–Kier alpha value is -0.650. The van der Waals surface area contributed by atoms with Gasteiger partial charge in [-0.15, -0.1) is 0 Å². The van der Waals surface area contributed by atoms with Gasteiger partial charge >= 0.3 is 0 Å². The third-order valence-electron chi connectivity index (χ3n) is 3.26. The molecule has 0 aromatic rings. The Kier molecular flexibility index (Phi) is 5.56. The van der Waals surface area contributed by atoms with Gasteiger partial charge < -0.3 is 15.7 Å². The van der Waals surface area contributed by atoms with Crippen LogP contribution in [-0.2, 0) is 4.79 Å². The lowest BCUT2D eigenvalue weighted by molar-refractivity contribution is -0.134. The lowest BCUT2D eigenvalue weighted by Crippen LogP contribution is -2.52. The molecule has 1 saturated heterocycles. The van der Waals surface area contributed by atoms with Crippen molar-refractivity contribution < 1.29 is 9.90 Å². The van der Waals surface area contributed by atoms with Crippen molar-refractivity contribution >= 4 is 5.91 Å². The molecule has 106 valence electrons. The third kappa shape index (κ3) is 5.33. The number of piperazine rings is 1. The van der Waals surface area contributed by atoms with Crippen LogP contribution < -0.4 is 5.73 Å². The Labute approximate surface area is 110 Å². The molecule has 3 N–H and O–H groups in total. The Bertz CT molecular complexity index is 268. The Morgan fingerprint density at radius 1 is 1.33 bits per heavy atom. The molecule has 1 fully saturated rings. The zero-order valence-corrected chi connectivity index (χ0v) is 11.9. The van der Waals surface area contributed by atoms with E-state index in [-0.39, 0.29) is 11.8 Å². The molecular formula is C13H27N3O2. The van der Waals surface area contributed by atoms with Crippen LogP contribution >= 0.6 is 0 Å². The molecule has 1 unspecified atom stereocenters. The smallest absolute Gasteiger partial charge is 0.222 e. The summed E-state index contributed by atoms with van der Waals surface area (Å²) in [6.45, 7) is 10.0. The molecule has 1 atom stereocenters. The highest BCUT2D eigenvalue weighted by molar-refractivity contribution is 5.76. The van der Waals surface area contributed by atoms with Gasteiger partial charge in [-0.3, -0.25) is 9.69 Å². The number of nitrogens with zero attached hydrogens (tertiary/aromatic N) is 2. The van der Waals surface area contributed by atoms with Gasteiger partial charge in [0.2, 0.25) is 5.91 Å². The van der Waals surface area contributed by atoms with Gasteiger partial charge in [0.25, 0.3) is 0 Å². The minimum atomic E-state index is -0.666. The van der Waals surface area contributed by atoms with E-state index in [2.05, 4.69) is 4.90 Å². The van der Waals surface area contributed by atoms with Crippen molar-refractivity contribution in [1.29, 1.82) is 0 Å². The maximum absolute atomic E-state index is 12.0. The maximum Gasteiger partial charge on any atom is 0.222 e. The number of hydrogen-bond donors (Lipinski definition) is 2. The molecule has 0 saturated carbocycles. The van der Waals surface area contributed by atoms with Gasteiger partial charge in [0.15, 0.2) is 0 Å². The molecule has 1 aliphatic heterocycles. The summed E-state index contributed by atoms with van der Waals surface area (Å²) in [6, 6.07) is 0. The van der Waals surface area contributed by atoms with Crippen molar-refractivity contribution in [2.24, 2.45) is 11.7 Å². The Balaban J connectivity index is 2.33. The first-order chi connectivity index (χ1) is 8.31. The predicted octanol–water partition coefficient (Wildman–Crippen LogP) is -0.114. The standard InChI is InChI=1S/C13H27N3O2/c1-11(9-14)8-12(17)16-6-4-15(5-7-16)10-13(2,3)18/h11,18H,4-10,14H2,1-3H3. The molecule has 0 aromatic heterocycles. The number of carbonyl (C=O) groups excluding carboxylic acids is 1. The van der Waals surface area contributed by atoms with Crippen molar-refractivity contribution in [1.82, 2.24) is 9.80 Å². The fourth-order valence-corrected chi connectivity index (χ4v) is 2.21. The second-order valence-electron chi connectivity index (χ2n) is 6.01. The summed E-state index contributed by atoms with van der Waals surface area (Å²) < 4.78 is 0. The molecule has 0 radical (unpaired) electrons. The van der Waals surface area contributed by atoms with E-state index >= 15 is 0 Å². The van der Waals surface area contributed by atoms with Gasteiger partial charge in [0.05, 0.1) is 5.60 Å². The topological polar surface area (TPSA) is 69.8 Å². The largest absolute Gasteiger partial charge is 0.389 e. The molecule has 0 spiro atoms. The third-order valence-corrected chi connectivity index (χ3v) is 3.26. The second-order valence-corrected chi connectivity index (χ2v) is 6.01. The van der Waals surface area contributed by atoms with Crippen molar-refractivity contribution in [3.63, 3.8) is 0 Å². The van der Waals surface area contributed by atoms with Crippen LogP contribution in [0.15, 0.2) is 0 Å². The number of rotatable bonds is 5. The van der Waals surface area contributed by atoms with E-state index in [4.69, 9.17) is 5.73 Å². The Morgan fingerprint density at radius 3 is 2.33 bits per heavy atom. The molecular weight excluding hydrogens is 230 g/mol. The van der Waals surface area contributed by atoms with E-state index in [0.29, 0.717) is 19.5 Å². The normalized spacial score (nSPS) is 19.9. The van der Waals surface area contributed by atoms with Crippen LogP contribution in [0.5, 0.6) is 0 Å². The fraction of sp³-hybridized carbons (Fsp3) is 0.923. The molecule has 5 heteroatoms. The fourth-order valence-electron chi connectivity index (χ4n) is 2.21. The van der Waals surface area contributed by atoms with Crippen LogP contribution in [0.25, 0.3) is 0 Å². The van der Waals surface area contributed by atoms with Crippen LogP contribution in [0.4, 0.5) is 0 Å². The van der Waals surface area contributed by atoms with E-state index in [0.717, 1.165) is 26.2 Å². The number of nitrogens with two attached hydrogens (primary N) is 1. The van der Waals surface area contributed by atoms with Crippen molar-refractivity contribution in [3.8, 4) is 0 Å². The summed E-state index contributed by atoms with van der Waals surface area (Å²) in [5.74, 6) is 0.461. The van der Waals surface area contributed by atoms with Crippen LogP contribution in [0.1, 0.15) is 27.2 Å². The summed E-state index contributed by atoms with van der Waals surface area (Å²) in [7, 11) is 0. The van der Waals surface area contributed by atoms with Crippen LogP contribution in [0, 0.1) is 5.92 Å². The Morgan fingerprint density at radius 2 is 1.89 bits per heavy atom. The summed E-state index contributed by atoms with van der Waals surface area (Å²) in [6.07, 6.45) is 0.544. The number of β-amino-alcohol motifs (C(OH)–C–C–N with tert-alkyl or cyclic N) is 1. The molecule has 1 amide bonds. The molecule has 0 bridgehead atoms. The van der Waals surface area contributed by atoms with Gasteiger partial charge in [-0.2, -0.15) is 0 Å². The number of aliphatic hydroxyl groups is 1. The first-order valence-corrected chi connectivity index (χ1v) is 6.74. The maximum atomic E-state index is 12.0. The molecule has 0 aromatic carbocycles. The lowest BCUT2D eigenvalue weighted by Gasteiger charge is -2.37. The number of amides is 1. The average Bonchev–Trinajstić information content (AvgIpc) is 2.27. The molecule has 18 heavy (non-hydrogen) atoms. The molecule has 1 rings (SSSR count). The summed E-state index contributed by atoms with van der Waals surface area (Å²) in [4.78, 5) is 16.1. The SMILES string of the molecule is CC(CN)CC(=O)N1CCN(CC(C)(C)O)CC1.